The van der Waals surface area contributed by atoms with E-state index in [1.807, 2.05) is 24.3 Å². The van der Waals surface area contributed by atoms with E-state index in [0.29, 0.717) is 16.2 Å². The molecule has 1 unspecified atom stereocenters. The summed E-state index contributed by atoms with van der Waals surface area (Å²) in [6.45, 7) is 1.80. The van der Waals surface area contributed by atoms with Crippen molar-refractivity contribution in [2.24, 2.45) is 0 Å². The highest BCUT2D eigenvalue weighted by molar-refractivity contribution is 6.35. The Morgan fingerprint density at radius 2 is 2.09 bits per heavy atom. The predicted molar refractivity (Wildman–Crippen MR) is 93.6 cm³/mol. The lowest BCUT2D eigenvalue weighted by Crippen LogP contribution is -2.48. The molecule has 1 aliphatic rings. The predicted octanol–water partition coefficient (Wildman–Crippen LogP) is 4.90. The minimum absolute atomic E-state index is 0.319. The number of benzene rings is 2. The molecule has 2 aromatic rings. The summed E-state index contributed by atoms with van der Waals surface area (Å²) in [7, 11) is 0. The van der Waals surface area contributed by atoms with Crippen molar-refractivity contribution in [1.82, 2.24) is 5.32 Å². The second-order valence-electron chi connectivity index (χ2n) is 5.57. The minimum Gasteiger partial charge on any atom is -0.355 e. The van der Waals surface area contributed by atoms with Crippen LogP contribution in [0.2, 0.25) is 10.0 Å². The third-order valence-corrected chi connectivity index (χ3v) is 4.64. The Hall–Kier alpha value is -1.22. The quantitative estimate of drug-likeness (QED) is 0.855. The van der Waals surface area contributed by atoms with Crippen molar-refractivity contribution in [3.63, 3.8) is 0 Å². The fraction of sp³-hybridized carbons (Fsp3) is 0.333. The number of nitrogens with one attached hydrogen (secondary N) is 1. The van der Waals surface area contributed by atoms with Gasteiger partial charge in [0.25, 0.3) is 0 Å². The van der Waals surface area contributed by atoms with E-state index in [-0.39, 0.29) is 0 Å². The molecule has 2 nitrogen and oxygen atoms in total. The number of hydrogen-bond donors (Lipinski definition) is 1. The zero-order valence-corrected chi connectivity index (χ0v) is 13.9. The van der Waals surface area contributed by atoms with E-state index in [4.69, 9.17) is 23.2 Å². The number of halogens is 2. The first kappa shape index (κ1) is 15.7. The lowest BCUT2D eigenvalue weighted by atomic mass is 10.1. The zero-order chi connectivity index (χ0) is 15.4. The molecule has 1 heterocycles. The van der Waals surface area contributed by atoms with Gasteiger partial charge in [0.1, 0.15) is 0 Å². The molecule has 0 aromatic heterocycles. The first-order valence-corrected chi connectivity index (χ1v) is 8.40. The molecule has 22 heavy (non-hydrogen) atoms. The maximum atomic E-state index is 6.26. The number of para-hydroxylation sites is 1. The molecule has 1 radical (unpaired) electrons. The highest BCUT2D eigenvalue weighted by atomic mass is 35.5. The van der Waals surface area contributed by atoms with Crippen molar-refractivity contribution in [3.05, 3.63) is 64.1 Å². The van der Waals surface area contributed by atoms with Gasteiger partial charge in [-0.25, -0.2) is 0 Å². The van der Waals surface area contributed by atoms with Crippen molar-refractivity contribution in [1.29, 1.82) is 0 Å². The molecular weight excluding hydrogens is 315 g/mol. The molecule has 1 saturated heterocycles. The maximum absolute atomic E-state index is 6.26. The second kappa shape index (κ2) is 7.36. The van der Waals surface area contributed by atoms with Gasteiger partial charge in [0.05, 0.1) is 6.17 Å². The van der Waals surface area contributed by atoms with E-state index in [1.165, 1.54) is 12.8 Å². The number of nitrogens with zero attached hydrogens (tertiary/aromatic N) is 1. The highest BCUT2D eigenvalue weighted by Gasteiger charge is 2.22. The lowest BCUT2D eigenvalue weighted by molar-refractivity contribution is 0.393. The van der Waals surface area contributed by atoms with Gasteiger partial charge in [0.2, 0.25) is 0 Å². The second-order valence-corrected chi connectivity index (χ2v) is 6.41. The molecule has 0 amide bonds. The number of anilines is 1. The Bertz CT molecular complexity index is 616. The van der Waals surface area contributed by atoms with Crippen molar-refractivity contribution in [2.75, 3.05) is 11.4 Å². The molecule has 0 saturated carbocycles. The van der Waals surface area contributed by atoms with E-state index >= 15 is 0 Å². The average Bonchev–Trinajstić information content (AvgIpc) is 2.55. The van der Waals surface area contributed by atoms with Crippen LogP contribution in [0.4, 0.5) is 5.69 Å². The summed E-state index contributed by atoms with van der Waals surface area (Å²) in [4.78, 5) is 2.40. The fourth-order valence-electron chi connectivity index (χ4n) is 2.89. The Balaban J connectivity index is 1.69. The van der Waals surface area contributed by atoms with E-state index < -0.39 is 0 Å². The lowest BCUT2D eigenvalue weighted by Gasteiger charge is -2.38. The van der Waals surface area contributed by atoms with Crippen LogP contribution in [0.1, 0.15) is 24.8 Å². The molecule has 0 bridgehead atoms. The summed E-state index contributed by atoms with van der Waals surface area (Å²) < 4.78 is 0. The minimum atomic E-state index is 0.319. The molecule has 3 rings (SSSR count). The summed E-state index contributed by atoms with van der Waals surface area (Å²) in [5.74, 6) is 0. The van der Waals surface area contributed by atoms with E-state index in [2.05, 4.69) is 28.4 Å². The molecular formula is C18H19Cl2N2. The number of rotatable bonds is 4. The largest absolute Gasteiger partial charge is 0.355 e. The molecule has 0 aliphatic carbocycles. The average molecular weight is 334 g/mol. The molecule has 2 aromatic carbocycles. The number of hydrogen-bond acceptors (Lipinski definition) is 2. The summed E-state index contributed by atoms with van der Waals surface area (Å²) in [6, 6.07) is 17.1. The van der Waals surface area contributed by atoms with Crippen LogP contribution in [0.15, 0.2) is 42.5 Å². The van der Waals surface area contributed by atoms with Crippen molar-refractivity contribution < 1.29 is 0 Å². The first-order valence-electron chi connectivity index (χ1n) is 7.65. The Kier molecular flexibility index (Phi) is 5.24. The van der Waals surface area contributed by atoms with E-state index in [9.17, 15) is 0 Å². The van der Waals surface area contributed by atoms with Crippen LogP contribution >= 0.6 is 23.2 Å². The van der Waals surface area contributed by atoms with Gasteiger partial charge in [-0.3, -0.25) is 5.32 Å². The van der Waals surface area contributed by atoms with Gasteiger partial charge < -0.3 is 4.90 Å². The monoisotopic (exact) mass is 333 g/mol. The van der Waals surface area contributed by atoms with Crippen LogP contribution in [-0.4, -0.2) is 12.7 Å². The Labute approximate surface area is 142 Å². The van der Waals surface area contributed by atoms with Gasteiger partial charge in [-0.2, -0.15) is 0 Å². The molecule has 1 atom stereocenters. The molecule has 1 N–H and O–H groups in total. The first-order chi connectivity index (χ1) is 10.7. The van der Waals surface area contributed by atoms with Crippen LogP contribution in [0.3, 0.4) is 0 Å². The van der Waals surface area contributed by atoms with Gasteiger partial charge in [0, 0.05) is 34.9 Å². The Morgan fingerprint density at radius 1 is 1.18 bits per heavy atom. The maximum Gasteiger partial charge on any atom is 0.0798 e. The number of piperidine rings is 1. The molecule has 4 heteroatoms. The van der Waals surface area contributed by atoms with Gasteiger partial charge in [-0.05, 0) is 43.0 Å². The summed E-state index contributed by atoms with van der Waals surface area (Å²) in [6.07, 6.45) is 3.92. The highest BCUT2D eigenvalue weighted by Crippen LogP contribution is 2.24. The fourth-order valence-corrected chi connectivity index (χ4v) is 3.36. The topological polar surface area (TPSA) is 15.3 Å². The Morgan fingerprint density at radius 3 is 2.86 bits per heavy atom. The third-order valence-electron chi connectivity index (χ3n) is 4.05. The third kappa shape index (κ3) is 3.75. The van der Waals surface area contributed by atoms with Crippen LogP contribution in [0.25, 0.3) is 0 Å². The van der Waals surface area contributed by atoms with Crippen molar-refractivity contribution in [3.8, 4) is 0 Å². The molecule has 1 fully saturated rings. The van der Waals surface area contributed by atoms with Gasteiger partial charge in [0.15, 0.2) is 0 Å². The summed E-state index contributed by atoms with van der Waals surface area (Å²) in [5.41, 5.74) is 2.23. The molecule has 0 spiro atoms. The smallest absolute Gasteiger partial charge is 0.0798 e. The van der Waals surface area contributed by atoms with Gasteiger partial charge in [-0.15, -0.1) is 0 Å². The van der Waals surface area contributed by atoms with Crippen molar-refractivity contribution in [2.45, 2.75) is 32.0 Å². The molecule has 115 valence electrons. The van der Waals surface area contributed by atoms with Crippen LogP contribution < -0.4 is 10.2 Å². The van der Waals surface area contributed by atoms with Crippen LogP contribution in [0, 0.1) is 6.07 Å². The zero-order valence-electron chi connectivity index (χ0n) is 12.4. The SMILES string of the molecule is Clc1ccc(CNC2CCCCN2c2[c]cccc2)c(Cl)c1. The van der Waals surface area contributed by atoms with E-state index in [1.54, 1.807) is 6.07 Å². The summed E-state index contributed by atoms with van der Waals surface area (Å²) >= 11 is 12.2. The van der Waals surface area contributed by atoms with Gasteiger partial charge >= 0.3 is 0 Å². The normalized spacial score (nSPS) is 18.5. The standard InChI is InChI=1S/C18H19Cl2N2/c19-15-10-9-14(17(20)12-15)13-21-18-8-4-5-11-22(18)16-6-2-1-3-7-16/h1-3,6,9-10,12,18,21H,4-5,8,11,13H2. The van der Waals surface area contributed by atoms with E-state index in [0.717, 1.165) is 30.8 Å². The van der Waals surface area contributed by atoms with Crippen LogP contribution in [0.5, 0.6) is 0 Å². The van der Waals surface area contributed by atoms with Gasteiger partial charge in [-0.1, -0.05) is 47.5 Å². The van der Waals surface area contributed by atoms with Crippen LogP contribution in [-0.2, 0) is 6.54 Å². The summed E-state index contributed by atoms with van der Waals surface area (Å²) in [5, 5.41) is 5.01. The molecule has 1 aliphatic heterocycles. The van der Waals surface area contributed by atoms with Crippen molar-refractivity contribution >= 4 is 28.9 Å².